The van der Waals surface area contributed by atoms with Gasteiger partial charge in [-0.3, -0.25) is 4.79 Å². The summed E-state index contributed by atoms with van der Waals surface area (Å²) < 4.78 is 4.57. The number of allylic oxidation sites excluding steroid dienone is 2. The summed E-state index contributed by atoms with van der Waals surface area (Å²) in [7, 11) is 1.39. The molecular formula is C9H11O2. The molecule has 11 heavy (non-hydrogen) atoms. The van der Waals surface area contributed by atoms with Gasteiger partial charge in [-0.15, -0.1) is 0 Å². The summed E-state index contributed by atoms with van der Waals surface area (Å²) in [4.78, 5) is 11.0. The summed E-state index contributed by atoms with van der Waals surface area (Å²) in [5.74, 6) is 0.365. The number of hydrogen-bond acceptors (Lipinski definition) is 2. The molecule has 0 amide bonds. The van der Waals surface area contributed by atoms with Crippen LogP contribution in [0.5, 0.6) is 0 Å². The number of hydrogen-bond donors (Lipinski definition) is 0. The SMILES string of the molecule is COC(=O)[C]1C=CCCC=C1. The summed E-state index contributed by atoms with van der Waals surface area (Å²) in [5.41, 5.74) is 0. The molecule has 1 rings (SSSR count). The molecule has 0 aromatic rings. The molecule has 0 bridgehead atoms. The minimum atomic E-state index is -0.264. The molecule has 0 unspecified atom stereocenters. The minimum Gasteiger partial charge on any atom is -0.468 e. The zero-order valence-electron chi connectivity index (χ0n) is 6.54. The zero-order chi connectivity index (χ0) is 8.10. The van der Waals surface area contributed by atoms with E-state index in [1.807, 2.05) is 12.2 Å². The number of carbonyl (C=O) groups is 1. The van der Waals surface area contributed by atoms with E-state index in [1.165, 1.54) is 7.11 Å². The molecule has 0 aromatic heterocycles. The minimum absolute atomic E-state index is 0.264. The van der Waals surface area contributed by atoms with Crippen LogP contribution in [-0.4, -0.2) is 13.1 Å². The van der Waals surface area contributed by atoms with Crippen LogP contribution in [0.3, 0.4) is 0 Å². The van der Waals surface area contributed by atoms with Gasteiger partial charge in [-0.2, -0.15) is 0 Å². The van der Waals surface area contributed by atoms with Gasteiger partial charge in [0.05, 0.1) is 7.11 Å². The van der Waals surface area contributed by atoms with E-state index in [1.54, 1.807) is 12.2 Å². The molecule has 0 heterocycles. The quantitative estimate of drug-likeness (QED) is 0.532. The predicted molar refractivity (Wildman–Crippen MR) is 42.8 cm³/mol. The Kier molecular flexibility index (Phi) is 2.90. The molecule has 1 radical (unpaired) electrons. The molecule has 0 fully saturated rings. The average Bonchev–Trinajstić information content (AvgIpc) is 2.30. The highest BCUT2D eigenvalue weighted by Gasteiger charge is 2.13. The van der Waals surface area contributed by atoms with Crippen molar-refractivity contribution in [1.82, 2.24) is 0 Å². The normalized spacial score (nSPS) is 17.9. The molecular weight excluding hydrogens is 140 g/mol. The Morgan fingerprint density at radius 2 is 1.91 bits per heavy atom. The van der Waals surface area contributed by atoms with Crippen molar-refractivity contribution >= 4 is 5.97 Å². The molecule has 0 saturated heterocycles. The van der Waals surface area contributed by atoms with Gasteiger partial charge >= 0.3 is 5.97 Å². The second kappa shape index (κ2) is 3.96. The van der Waals surface area contributed by atoms with E-state index in [4.69, 9.17) is 0 Å². The molecule has 0 spiro atoms. The fourth-order valence-corrected chi connectivity index (χ4v) is 0.923. The molecule has 1 aliphatic carbocycles. The van der Waals surface area contributed by atoms with Gasteiger partial charge in [0.1, 0.15) is 5.92 Å². The summed E-state index contributed by atoms with van der Waals surface area (Å²) >= 11 is 0. The van der Waals surface area contributed by atoms with Gasteiger partial charge in [0, 0.05) is 0 Å². The van der Waals surface area contributed by atoms with Crippen LogP contribution < -0.4 is 0 Å². The fraction of sp³-hybridized carbons (Fsp3) is 0.333. The first-order valence-corrected chi connectivity index (χ1v) is 3.63. The second-order valence-electron chi connectivity index (χ2n) is 2.33. The van der Waals surface area contributed by atoms with Gasteiger partial charge in [0.15, 0.2) is 0 Å². The Balaban J connectivity index is 2.61. The van der Waals surface area contributed by atoms with Crippen LogP contribution >= 0.6 is 0 Å². The highest BCUT2D eigenvalue weighted by atomic mass is 16.5. The third-order valence-corrected chi connectivity index (χ3v) is 1.52. The standard InChI is InChI=1S/C9H11O2/c1-11-9(10)8-6-4-2-3-5-7-8/h4-7H,2-3H2,1H3. The van der Waals surface area contributed by atoms with Crippen molar-refractivity contribution in [1.29, 1.82) is 0 Å². The maximum absolute atomic E-state index is 11.0. The van der Waals surface area contributed by atoms with E-state index < -0.39 is 0 Å². The number of rotatable bonds is 1. The van der Waals surface area contributed by atoms with Crippen molar-refractivity contribution < 1.29 is 9.53 Å². The zero-order valence-corrected chi connectivity index (χ0v) is 6.54. The van der Waals surface area contributed by atoms with Crippen LogP contribution in [0.4, 0.5) is 0 Å². The molecule has 1 aliphatic rings. The van der Waals surface area contributed by atoms with E-state index in [-0.39, 0.29) is 5.97 Å². The van der Waals surface area contributed by atoms with Gasteiger partial charge in [0.2, 0.25) is 0 Å². The van der Waals surface area contributed by atoms with Gasteiger partial charge in [0.25, 0.3) is 0 Å². The largest absolute Gasteiger partial charge is 0.468 e. The summed E-state index contributed by atoms with van der Waals surface area (Å²) in [6.45, 7) is 0. The van der Waals surface area contributed by atoms with E-state index >= 15 is 0 Å². The Bertz CT molecular complexity index is 178. The first-order chi connectivity index (χ1) is 5.34. The maximum atomic E-state index is 11.0. The van der Waals surface area contributed by atoms with Crippen LogP contribution in [0.25, 0.3) is 0 Å². The van der Waals surface area contributed by atoms with Crippen LogP contribution in [0, 0.1) is 5.92 Å². The van der Waals surface area contributed by atoms with Crippen molar-refractivity contribution in [3.63, 3.8) is 0 Å². The lowest BCUT2D eigenvalue weighted by Gasteiger charge is -2.01. The second-order valence-corrected chi connectivity index (χ2v) is 2.33. The molecule has 0 N–H and O–H groups in total. The Morgan fingerprint density at radius 3 is 2.36 bits per heavy atom. The van der Waals surface area contributed by atoms with E-state index in [2.05, 4.69) is 4.74 Å². The highest BCUT2D eigenvalue weighted by Crippen LogP contribution is 2.12. The van der Waals surface area contributed by atoms with Crippen LogP contribution in [0.15, 0.2) is 24.3 Å². The average molecular weight is 151 g/mol. The third kappa shape index (κ3) is 2.22. The molecule has 59 valence electrons. The first-order valence-electron chi connectivity index (χ1n) is 3.63. The number of carbonyl (C=O) groups excluding carboxylic acids is 1. The number of methoxy groups -OCH3 is 1. The van der Waals surface area contributed by atoms with Crippen LogP contribution in [0.2, 0.25) is 0 Å². The fourth-order valence-electron chi connectivity index (χ4n) is 0.923. The first kappa shape index (κ1) is 8.05. The van der Waals surface area contributed by atoms with Crippen molar-refractivity contribution in [2.75, 3.05) is 7.11 Å². The van der Waals surface area contributed by atoms with Crippen LogP contribution in [-0.2, 0) is 9.53 Å². The maximum Gasteiger partial charge on any atom is 0.321 e. The molecule has 0 aliphatic heterocycles. The molecule has 0 saturated carbocycles. The van der Waals surface area contributed by atoms with E-state index in [0.29, 0.717) is 5.92 Å². The van der Waals surface area contributed by atoms with Crippen molar-refractivity contribution in [3.05, 3.63) is 30.2 Å². The van der Waals surface area contributed by atoms with Crippen molar-refractivity contribution in [2.45, 2.75) is 12.8 Å². The van der Waals surface area contributed by atoms with Gasteiger partial charge in [-0.05, 0) is 12.8 Å². The Morgan fingerprint density at radius 1 is 1.36 bits per heavy atom. The topological polar surface area (TPSA) is 26.3 Å². The highest BCUT2D eigenvalue weighted by molar-refractivity contribution is 5.90. The lowest BCUT2D eigenvalue weighted by molar-refractivity contribution is -0.137. The van der Waals surface area contributed by atoms with Crippen molar-refractivity contribution in [3.8, 4) is 0 Å². The molecule has 0 atom stereocenters. The van der Waals surface area contributed by atoms with Gasteiger partial charge in [-0.25, -0.2) is 0 Å². The summed E-state index contributed by atoms with van der Waals surface area (Å²) in [6, 6.07) is 0. The van der Waals surface area contributed by atoms with Gasteiger partial charge < -0.3 is 4.74 Å². The van der Waals surface area contributed by atoms with Crippen LogP contribution in [0.1, 0.15) is 12.8 Å². The number of ether oxygens (including phenoxy) is 1. The Hall–Kier alpha value is -1.05. The molecule has 0 aromatic carbocycles. The molecule has 2 heteroatoms. The third-order valence-electron chi connectivity index (χ3n) is 1.52. The van der Waals surface area contributed by atoms with Crippen molar-refractivity contribution in [2.24, 2.45) is 0 Å². The lowest BCUT2D eigenvalue weighted by Crippen LogP contribution is -2.08. The Labute approximate surface area is 66.5 Å². The smallest absolute Gasteiger partial charge is 0.321 e. The lowest BCUT2D eigenvalue weighted by atomic mass is 10.1. The summed E-state index contributed by atoms with van der Waals surface area (Å²) in [6.07, 6.45) is 9.55. The van der Waals surface area contributed by atoms with Gasteiger partial charge in [-0.1, -0.05) is 24.3 Å². The summed E-state index contributed by atoms with van der Waals surface area (Å²) in [5, 5.41) is 0. The monoisotopic (exact) mass is 151 g/mol. The predicted octanol–water partition coefficient (Wildman–Crippen LogP) is 1.64. The van der Waals surface area contributed by atoms with E-state index in [9.17, 15) is 4.79 Å². The molecule has 2 nitrogen and oxygen atoms in total. The number of esters is 1. The van der Waals surface area contributed by atoms with E-state index in [0.717, 1.165) is 12.8 Å².